The molecule has 1 unspecified atom stereocenters. The quantitative estimate of drug-likeness (QED) is 0.340. The van der Waals surface area contributed by atoms with E-state index in [9.17, 15) is 0 Å². The Bertz CT molecular complexity index is 807. The van der Waals surface area contributed by atoms with Crippen LogP contribution in [0.25, 0.3) is 10.9 Å². The van der Waals surface area contributed by atoms with Crippen LogP contribution in [-0.4, -0.2) is 62.2 Å². The third-order valence-electron chi connectivity index (χ3n) is 5.41. The minimum absolute atomic E-state index is 0. The molecule has 0 spiro atoms. The van der Waals surface area contributed by atoms with Gasteiger partial charge in [-0.15, -0.1) is 24.0 Å². The molecule has 0 bridgehead atoms. The molecule has 6 nitrogen and oxygen atoms in total. The van der Waals surface area contributed by atoms with Crippen molar-refractivity contribution >= 4 is 46.7 Å². The fraction of sp³-hybridized carbons (Fsp3) is 0.545. The molecule has 3 rings (SSSR count). The number of likely N-dealkylation sites (tertiary alicyclic amines) is 1. The first-order chi connectivity index (χ1) is 13.6. The number of benzene rings is 1. The molecule has 0 radical (unpaired) electrons. The lowest BCUT2D eigenvalue weighted by Crippen LogP contribution is -2.44. The van der Waals surface area contributed by atoms with Gasteiger partial charge in [0.15, 0.2) is 5.96 Å². The zero-order valence-electron chi connectivity index (χ0n) is 18.1. The summed E-state index contributed by atoms with van der Waals surface area (Å²) in [5.41, 5.74) is 2.21. The van der Waals surface area contributed by atoms with Crippen molar-refractivity contribution in [3.8, 4) is 0 Å². The van der Waals surface area contributed by atoms with E-state index in [2.05, 4.69) is 53.6 Å². The molecular formula is C22H35IN6. The van der Waals surface area contributed by atoms with Crippen molar-refractivity contribution in [1.82, 2.24) is 20.5 Å². The first kappa shape index (κ1) is 23.7. The van der Waals surface area contributed by atoms with Gasteiger partial charge in [0.25, 0.3) is 0 Å². The maximum absolute atomic E-state index is 4.88. The number of rotatable bonds is 7. The monoisotopic (exact) mass is 510 g/mol. The molecule has 2 aromatic rings. The normalized spacial score (nSPS) is 17.2. The van der Waals surface area contributed by atoms with E-state index in [0.717, 1.165) is 36.9 Å². The van der Waals surface area contributed by atoms with E-state index >= 15 is 0 Å². The first-order valence-corrected chi connectivity index (χ1v) is 10.4. The van der Waals surface area contributed by atoms with Gasteiger partial charge in [-0.25, -0.2) is 9.98 Å². The molecule has 0 saturated carbocycles. The first-order valence-electron chi connectivity index (χ1n) is 10.4. The lowest BCUT2D eigenvalue weighted by molar-refractivity contribution is 0.267. The largest absolute Gasteiger partial charge is 0.363 e. The van der Waals surface area contributed by atoms with E-state index < -0.39 is 0 Å². The second-order valence-corrected chi connectivity index (χ2v) is 7.55. The Labute approximate surface area is 192 Å². The van der Waals surface area contributed by atoms with Crippen LogP contribution in [0.3, 0.4) is 0 Å². The lowest BCUT2D eigenvalue weighted by Gasteiger charge is -2.24. The van der Waals surface area contributed by atoms with Crippen molar-refractivity contribution in [1.29, 1.82) is 0 Å². The number of nitrogens with one attached hydrogen (secondary N) is 2. The van der Waals surface area contributed by atoms with Gasteiger partial charge in [0.1, 0.15) is 5.82 Å². The topological polar surface area (TPSA) is 55.8 Å². The van der Waals surface area contributed by atoms with E-state index in [1.807, 2.05) is 25.1 Å². The second kappa shape index (κ2) is 11.5. The molecule has 1 aromatic carbocycles. The Morgan fingerprint density at radius 1 is 1.24 bits per heavy atom. The fourth-order valence-electron chi connectivity index (χ4n) is 3.85. The number of hydrogen-bond acceptors (Lipinski definition) is 4. The third-order valence-corrected chi connectivity index (χ3v) is 5.41. The Kier molecular flexibility index (Phi) is 9.42. The molecule has 1 atom stereocenters. The van der Waals surface area contributed by atoms with E-state index in [4.69, 9.17) is 9.98 Å². The van der Waals surface area contributed by atoms with Crippen LogP contribution in [-0.2, 0) is 6.54 Å². The number of aliphatic imine (C=N–C) groups is 1. The van der Waals surface area contributed by atoms with E-state index in [1.54, 1.807) is 0 Å². The molecule has 0 aliphatic carbocycles. The van der Waals surface area contributed by atoms with E-state index in [0.29, 0.717) is 12.6 Å². The molecule has 0 amide bonds. The molecule has 2 N–H and O–H groups in total. The van der Waals surface area contributed by atoms with Gasteiger partial charge in [-0.3, -0.25) is 4.90 Å². The third kappa shape index (κ3) is 6.18. The zero-order chi connectivity index (χ0) is 19.9. The summed E-state index contributed by atoms with van der Waals surface area (Å²) in [6.07, 6.45) is 2.56. The highest BCUT2D eigenvalue weighted by molar-refractivity contribution is 14.0. The smallest absolute Gasteiger partial charge is 0.191 e. The second-order valence-electron chi connectivity index (χ2n) is 7.55. The number of aromatic nitrogens is 1. The van der Waals surface area contributed by atoms with Gasteiger partial charge in [-0.1, -0.05) is 25.1 Å². The SMILES string of the molecule is CCNC(=NCc1cc(N(C)C)nc2ccccc12)NCC1CCCN1CC.I. The van der Waals surface area contributed by atoms with Gasteiger partial charge >= 0.3 is 0 Å². The number of hydrogen-bond donors (Lipinski definition) is 2. The summed E-state index contributed by atoms with van der Waals surface area (Å²) in [6.45, 7) is 9.11. The number of nitrogens with zero attached hydrogens (tertiary/aromatic N) is 4. The summed E-state index contributed by atoms with van der Waals surface area (Å²) in [6, 6.07) is 11.1. The maximum Gasteiger partial charge on any atom is 0.191 e. The fourth-order valence-corrected chi connectivity index (χ4v) is 3.85. The maximum atomic E-state index is 4.88. The van der Waals surface area contributed by atoms with Gasteiger partial charge in [0.2, 0.25) is 0 Å². The summed E-state index contributed by atoms with van der Waals surface area (Å²) >= 11 is 0. The van der Waals surface area contributed by atoms with Gasteiger partial charge in [0, 0.05) is 38.6 Å². The molecule has 1 aliphatic rings. The van der Waals surface area contributed by atoms with Crippen LogP contribution in [0.5, 0.6) is 0 Å². The summed E-state index contributed by atoms with van der Waals surface area (Å²) in [5, 5.41) is 8.11. The highest BCUT2D eigenvalue weighted by Gasteiger charge is 2.22. The molecule has 29 heavy (non-hydrogen) atoms. The number of pyridine rings is 1. The van der Waals surface area contributed by atoms with Crippen molar-refractivity contribution < 1.29 is 0 Å². The Hall–Kier alpha value is -1.61. The van der Waals surface area contributed by atoms with Gasteiger partial charge in [0.05, 0.1) is 12.1 Å². The molecular weight excluding hydrogens is 475 g/mol. The molecule has 1 saturated heterocycles. The number of likely N-dealkylation sites (N-methyl/N-ethyl adjacent to an activating group) is 1. The molecule has 160 valence electrons. The van der Waals surface area contributed by atoms with Crippen LogP contribution in [0.1, 0.15) is 32.3 Å². The minimum Gasteiger partial charge on any atom is -0.363 e. The van der Waals surface area contributed by atoms with Crippen molar-refractivity contribution in [3.05, 3.63) is 35.9 Å². The van der Waals surface area contributed by atoms with Crippen LogP contribution in [0, 0.1) is 0 Å². The summed E-state index contributed by atoms with van der Waals surface area (Å²) in [4.78, 5) is 14.2. The highest BCUT2D eigenvalue weighted by atomic mass is 127. The summed E-state index contributed by atoms with van der Waals surface area (Å²) in [7, 11) is 4.05. The number of guanidine groups is 1. The Balaban J connectivity index is 0.00000300. The molecule has 1 aliphatic heterocycles. The molecule has 1 fully saturated rings. The van der Waals surface area contributed by atoms with Crippen molar-refractivity contribution in [2.24, 2.45) is 4.99 Å². The summed E-state index contributed by atoms with van der Waals surface area (Å²) < 4.78 is 0. The molecule has 7 heteroatoms. The predicted molar refractivity (Wildman–Crippen MR) is 135 cm³/mol. The van der Waals surface area contributed by atoms with Crippen LogP contribution in [0.2, 0.25) is 0 Å². The van der Waals surface area contributed by atoms with Crippen molar-refractivity contribution in [2.45, 2.75) is 39.3 Å². The number of para-hydroxylation sites is 1. The Morgan fingerprint density at radius 2 is 2.03 bits per heavy atom. The van der Waals surface area contributed by atoms with Crippen LogP contribution in [0.4, 0.5) is 5.82 Å². The van der Waals surface area contributed by atoms with Gasteiger partial charge in [-0.2, -0.15) is 0 Å². The van der Waals surface area contributed by atoms with Crippen LogP contribution >= 0.6 is 24.0 Å². The highest BCUT2D eigenvalue weighted by Crippen LogP contribution is 2.22. The lowest BCUT2D eigenvalue weighted by atomic mass is 10.1. The van der Waals surface area contributed by atoms with E-state index in [-0.39, 0.29) is 24.0 Å². The minimum atomic E-state index is 0. The standard InChI is InChI=1S/C22H34N6.HI/c1-5-23-22(25-16-18-10-9-13-28(18)6-2)24-15-17-14-21(27(3)4)26-20-12-8-7-11-19(17)20;/h7-8,11-12,14,18H,5-6,9-10,13,15-16H2,1-4H3,(H2,23,24,25);1H. The van der Waals surface area contributed by atoms with Crippen LogP contribution < -0.4 is 15.5 Å². The predicted octanol–water partition coefficient (Wildman–Crippen LogP) is 3.46. The van der Waals surface area contributed by atoms with Crippen molar-refractivity contribution in [3.63, 3.8) is 0 Å². The molecule has 1 aromatic heterocycles. The van der Waals surface area contributed by atoms with Gasteiger partial charge < -0.3 is 15.5 Å². The average Bonchev–Trinajstić information content (AvgIpc) is 3.17. The van der Waals surface area contributed by atoms with Crippen LogP contribution in [0.15, 0.2) is 35.3 Å². The number of anilines is 1. The Morgan fingerprint density at radius 3 is 2.76 bits per heavy atom. The zero-order valence-corrected chi connectivity index (χ0v) is 20.4. The number of halogens is 1. The number of fused-ring (bicyclic) bond motifs is 1. The molecule has 2 heterocycles. The average molecular weight is 510 g/mol. The van der Waals surface area contributed by atoms with E-state index in [1.165, 1.54) is 30.3 Å². The summed E-state index contributed by atoms with van der Waals surface area (Å²) in [5.74, 6) is 1.85. The van der Waals surface area contributed by atoms with Gasteiger partial charge in [-0.05, 0) is 50.6 Å². The van der Waals surface area contributed by atoms with Crippen molar-refractivity contribution in [2.75, 3.05) is 45.2 Å².